The lowest BCUT2D eigenvalue weighted by Crippen LogP contribution is -2.21. The summed E-state index contributed by atoms with van der Waals surface area (Å²) in [6, 6.07) is 26.4. The van der Waals surface area contributed by atoms with Crippen LogP contribution in [0.2, 0.25) is 0 Å². The van der Waals surface area contributed by atoms with Crippen molar-refractivity contribution in [2.45, 2.75) is 32.0 Å². The first-order valence-electron chi connectivity index (χ1n) is 9.25. The Morgan fingerprint density at radius 3 is 2.33 bits per heavy atom. The maximum Gasteiger partial charge on any atom is 0.150 e. The highest BCUT2D eigenvalue weighted by atomic mass is 31.1. The van der Waals surface area contributed by atoms with Crippen molar-refractivity contribution in [2.24, 2.45) is 0 Å². The molecule has 0 aliphatic rings. The van der Waals surface area contributed by atoms with Crippen molar-refractivity contribution in [3.8, 4) is 5.75 Å². The number of carbonyl (C=O) groups excluding carboxylic acids is 1. The molecular weight excluding hydrogens is 351 g/mol. The molecule has 0 aromatic heterocycles. The fourth-order valence-electron chi connectivity index (χ4n) is 3.14. The second-order valence-corrected chi connectivity index (χ2v) is 8.68. The maximum atomic E-state index is 11.4. The summed E-state index contributed by atoms with van der Waals surface area (Å²) in [6.07, 6.45) is 1.92. The summed E-state index contributed by atoms with van der Waals surface area (Å²) in [7, 11) is 0.488. The minimum Gasteiger partial charge on any atom is -0.489 e. The summed E-state index contributed by atoms with van der Waals surface area (Å²) in [5.74, 6) is 0.918. The average Bonchev–Trinajstić information content (AvgIpc) is 2.73. The van der Waals surface area contributed by atoms with Gasteiger partial charge in [0.2, 0.25) is 0 Å². The van der Waals surface area contributed by atoms with Gasteiger partial charge < -0.3 is 4.74 Å². The molecule has 0 spiro atoms. The monoisotopic (exact) mass is 376 g/mol. The summed E-state index contributed by atoms with van der Waals surface area (Å²) in [5, 5.41) is 1.02. The molecule has 2 unspecified atom stereocenters. The highest BCUT2D eigenvalue weighted by molar-refractivity contribution is 7.48. The molecule has 0 bridgehead atoms. The topological polar surface area (TPSA) is 26.3 Å². The van der Waals surface area contributed by atoms with E-state index in [2.05, 4.69) is 44.2 Å². The molecule has 0 fully saturated rings. The Morgan fingerprint density at radius 1 is 0.926 bits per heavy atom. The van der Waals surface area contributed by atoms with Crippen LogP contribution in [0.1, 0.15) is 41.8 Å². The summed E-state index contributed by atoms with van der Waals surface area (Å²) in [4.78, 5) is 11.4. The lowest BCUT2D eigenvalue weighted by Gasteiger charge is -2.31. The normalized spacial score (nSPS) is 13.4. The molecule has 0 aliphatic heterocycles. The van der Waals surface area contributed by atoms with E-state index in [9.17, 15) is 4.79 Å². The van der Waals surface area contributed by atoms with Gasteiger partial charge in [-0.15, -0.1) is 0 Å². The zero-order chi connectivity index (χ0) is 19.1. The minimum absolute atomic E-state index is 0.0909. The van der Waals surface area contributed by atoms with Crippen LogP contribution in [-0.4, -0.2) is 6.29 Å². The van der Waals surface area contributed by atoms with Crippen molar-refractivity contribution in [3.63, 3.8) is 0 Å². The zero-order valence-electron chi connectivity index (χ0n) is 15.8. The highest BCUT2D eigenvalue weighted by Crippen LogP contribution is 2.47. The molecule has 3 aromatic rings. The SMILES string of the molecule is CCC(C)(Pc1ccccc1C=O)c1ccccc1OCc1ccccc1. The number of carbonyl (C=O) groups is 1. The Hall–Kier alpha value is -2.44. The van der Waals surface area contributed by atoms with Crippen LogP contribution in [0.5, 0.6) is 5.75 Å². The van der Waals surface area contributed by atoms with Gasteiger partial charge in [-0.1, -0.05) is 95.2 Å². The van der Waals surface area contributed by atoms with Crippen LogP contribution in [0.4, 0.5) is 0 Å². The standard InChI is InChI=1S/C24H25O2P/c1-3-24(2,27-23-16-10-7-13-20(23)17-25)21-14-8-9-15-22(21)26-18-19-11-5-4-6-12-19/h4-17,27H,3,18H2,1-2H3. The fraction of sp³-hybridized carbons (Fsp3) is 0.208. The number of para-hydroxylation sites is 1. The molecule has 3 rings (SSSR count). The quantitative estimate of drug-likeness (QED) is 0.372. The molecule has 0 aliphatic carbocycles. The summed E-state index contributed by atoms with van der Waals surface area (Å²) in [6.45, 7) is 5.01. The molecule has 2 atom stereocenters. The van der Waals surface area contributed by atoms with E-state index in [-0.39, 0.29) is 5.16 Å². The Morgan fingerprint density at radius 2 is 1.59 bits per heavy atom. The second-order valence-electron chi connectivity index (χ2n) is 6.79. The van der Waals surface area contributed by atoms with Crippen molar-refractivity contribution in [2.75, 3.05) is 0 Å². The van der Waals surface area contributed by atoms with Gasteiger partial charge in [0, 0.05) is 16.3 Å². The van der Waals surface area contributed by atoms with Crippen molar-refractivity contribution in [1.82, 2.24) is 0 Å². The summed E-state index contributed by atoms with van der Waals surface area (Å²) < 4.78 is 6.20. The first-order valence-corrected chi connectivity index (χ1v) is 10.2. The molecule has 0 heterocycles. The van der Waals surface area contributed by atoms with Crippen LogP contribution in [0.25, 0.3) is 0 Å². The third-order valence-corrected chi connectivity index (χ3v) is 6.82. The smallest absolute Gasteiger partial charge is 0.150 e. The summed E-state index contributed by atoms with van der Waals surface area (Å²) in [5.41, 5.74) is 3.12. The van der Waals surface area contributed by atoms with E-state index in [1.165, 1.54) is 5.56 Å². The van der Waals surface area contributed by atoms with Crippen molar-refractivity contribution in [3.05, 3.63) is 95.6 Å². The van der Waals surface area contributed by atoms with Crippen LogP contribution < -0.4 is 10.0 Å². The van der Waals surface area contributed by atoms with E-state index in [0.717, 1.165) is 34.9 Å². The molecule has 3 aromatic carbocycles. The molecular formula is C24H25O2P. The molecule has 0 N–H and O–H groups in total. The van der Waals surface area contributed by atoms with Gasteiger partial charge in [0.1, 0.15) is 12.4 Å². The van der Waals surface area contributed by atoms with Crippen LogP contribution in [0, 0.1) is 0 Å². The first kappa shape index (κ1) is 19.3. The predicted octanol–water partition coefficient (Wildman–Crippen LogP) is 5.71. The van der Waals surface area contributed by atoms with Gasteiger partial charge in [0.25, 0.3) is 0 Å². The van der Waals surface area contributed by atoms with E-state index in [4.69, 9.17) is 4.74 Å². The fourth-order valence-corrected chi connectivity index (χ4v) is 4.72. The van der Waals surface area contributed by atoms with Crippen molar-refractivity contribution in [1.29, 1.82) is 0 Å². The average molecular weight is 376 g/mol. The molecule has 0 amide bonds. The molecule has 0 saturated carbocycles. The minimum atomic E-state index is -0.0909. The Kier molecular flexibility index (Phi) is 6.42. The van der Waals surface area contributed by atoms with E-state index in [1.54, 1.807) is 0 Å². The Labute approximate surface area is 163 Å². The van der Waals surface area contributed by atoms with Crippen LogP contribution in [0.15, 0.2) is 78.9 Å². The van der Waals surface area contributed by atoms with Crippen molar-refractivity contribution >= 4 is 20.2 Å². The number of ether oxygens (including phenoxy) is 1. The number of aldehydes is 1. The van der Waals surface area contributed by atoms with Gasteiger partial charge in [-0.2, -0.15) is 0 Å². The van der Waals surface area contributed by atoms with E-state index < -0.39 is 0 Å². The van der Waals surface area contributed by atoms with E-state index in [1.807, 2.05) is 48.5 Å². The number of hydrogen-bond acceptors (Lipinski definition) is 2. The van der Waals surface area contributed by atoms with E-state index in [0.29, 0.717) is 15.2 Å². The van der Waals surface area contributed by atoms with E-state index >= 15 is 0 Å². The van der Waals surface area contributed by atoms with Gasteiger partial charge in [-0.05, 0) is 23.4 Å². The largest absolute Gasteiger partial charge is 0.489 e. The van der Waals surface area contributed by atoms with Crippen LogP contribution in [-0.2, 0) is 11.8 Å². The summed E-state index contributed by atoms with van der Waals surface area (Å²) >= 11 is 0. The lowest BCUT2D eigenvalue weighted by atomic mass is 9.96. The van der Waals surface area contributed by atoms with Gasteiger partial charge >= 0.3 is 0 Å². The van der Waals surface area contributed by atoms with Gasteiger partial charge in [0.15, 0.2) is 6.29 Å². The zero-order valence-corrected chi connectivity index (χ0v) is 16.8. The van der Waals surface area contributed by atoms with Gasteiger partial charge in [0.05, 0.1) is 0 Å². The number of benzene rings is 3. The van der Waals surface area contributed by atoms with Crippen LogP contribution in [0.3, 0.4) is 0 Å². The maximum absolute atomic E-state index is 11.4. The Balaban J connectivity index is 1.89. The second kappa shape index (κ2) is 8.97. The lowest BCUT2D eigenvalue weighted by molar-refractivity contribution is 0.112. The third-order valence-electron chi connectivity index (χ3n) is 4.92. The number of rotatable bonds is 8. The highest BCUT2D eigenvalue weighted by Gasteiger charge is 2.29. The number of hydrogen-bond donors (Lipinski definition) is 0. The van der Waals surface area contributed by atoms with Gasteiger partial charge in [-0.3, -0.25) is 4.79 Å². The predicted molar refractivity (Wildman–Crippen MR) is 115 cm³/mol. The van der Waals surface area contributed by atoms with Gasteiger partial charge in [-0.25, -0.2) is 0 Å². The first-order chi connectivity index (χ1) is 13.2. The third kappa shape index (κ3) is 4.64. The Bertz CT molecular complexity index is 892. The molecule has 0 radical (unpaired) electrons. The molecule has 3 heteroatoms. The molecule has 2 nitrogen and oxygen atoms in total. The molecule has 27 heavy (non-hydrogen) atoms. The molecule has 0 saturated heterocycles. The van der Waals surface area contributed by atoms with Crippen molar-refractivity contribution < 1.29 is 9.53 Å². The van der Waals surface area contributed by atoms with Crippen LogP contribution >= 0.6 is 8.58 Å². The molecule has 138 valence electrons.